The predicted molar refractivity (Wildman–Crippen MR) is 88.8 cm³/mol. The third-order valence-corrected chi connectivity index (χ3v) is 3.76. The molecule has 2 nitrogen and oxygen atoms in total. The Morgan fingerprint density at radius 3 is 1.59 bits per heavy atom. The van der Waals surface area contributed by atoms with Gasteiger partial charge in [-0.05, 0) is 11.1 Å². The first kappa shape index (κ1) is 16.2. The molecule has 22 heavy (non-hydrogen) atoms. The Morgan fingerprint density at radius 2 is 1.23 bits per heavy atom. The zero-order valence-corrected chi connectivity index (χ0v) is 13.4. The minimum Gasteiger partial charge on any atom is -0.299 e. The second kappa shape index (κ2) is 6.69. The summed E-state index contributed by atoms with van der Waals surface area (Å²) in [6.45, 7) is 5.55. The van der Waals surface area contributed by atoms with Gasteiger partial charge in [0.15, 0.2) is 5.78 Å². The molecule has 0 radical (unpaired) electrons. The van der Waals surface area contributed by atoms with Crippen LogP contribution in [0.15, 0.2) is 60.7 Å². The van der Waals surface area contributed by atoms with Gasteiger partial charge in [-0.25, -0.2) is 0 Å². The quantitative estimate of drug-likeness (QED) is 0.766. The number of hydrogen-bond acceptors (Lipinski definition) is 2. The van der Waals surface area contributed by atoms with Crippen LogP contribution in [0.5, 0.6) is 0 Å². The molecule has 0 aliphatic carbocycles. The molecule has 0 aliphatic rings. The van der Waals surface area contributed by atoms with Crippen molar-refractivity contribution in [3.05, 3.63) is 71.8 Å². The molecule has 114 valence electrons. The van der Waals surface area contributed by atoms with Gasteiger partial charge in [-0.2, -0.15) is 0 Å². The van der Waals surface area contributed by atoms with Crippen LogP contribution in [0, 0.1) is 5.41 Å². The van der Waals surface area contributed by atoms with Gasteiger partial charge in [0.05, 0.1) is 12.3 Å². The van der Waals surface area contributed by atoms with Crippen molar-refractivity contribution >= 4 is 11.6 Å². The molecule has 0 unspecified atom stereocenters. The second-order valence-electron chi connectivity index (χ2n) is 6.57. The Morgan fingerprint density at radius 1 is 0.818 bits per heavy atom. The zero-order chi connectivity index (χ0) is 16.2. The highest BCUT2D eigenvalue weighted by Gasteiger charge is 2.29. The molecule has 0 aromatic heterocycles. The molecule has 0 fully saturated rings. The molecule has 2 heteroatoms. The summed E-state index contributed by atoms with van der Waals surface area (Å²) in [6.07, 6.45) is -0.0298. The monoisotopic (exact) mass is 294 g/mol. The summed E-state index contributed by atoms with van der Waals surface area (Å²) >= 11 is 0. The van der Waals surface area contributed by atoms with Crippen molar-refractivity contribution in [1.29, 1.82) is 0 Å². The first-order valence-electron chi connectivity index (χ1n) is 7.55. The third kappa shape index (κ3) is 3.91. The van der Waals surface area contributed by atoms with E-state index in [0.29, 0.717) is 0 Å². The number of carbonyl (C=O) groups is 2. The number of rotatable bonds is 5. The maximum Gasteiger partial charge on any atom is 0.152 e. The normalized spacial score (nSPS) is 11.5. The van der Waals surface area contributed by atoms with Crippen LogP contribution in [-0.4, -0.2) is 11.6 Å². The van der Waals surface area contributed by atoms with Crippen LogP contribution in [-0.2, 0) is 9.59 Å². The summed E-state index contributed by atoms with van der Waals surface area (Å²) in [4.78, 5) is 25.0. The first-order chi connectivity index (χ1) is 10.4. The van der Waals surface area contributed by atoms with E-state index in [1.165, 1.54) is 0 Å². The maximum absolute atomic E-state index is 12.8. The lowest BCUT2D eigenvalue weighted by atomic mass is 9.81. The van der Waals surface area contributed by atoms with Crippen LogP contribution >= 0.6 is 0 Å². The topological polar surface area (TPSA) is 34.1 Å². The van der Waals surface area contributed by atoms with Gasteiger partial charge in [-0.15, -0.1) is 0 Å². The van der Waals surface area contributed by atoms with Gasteiger partial charge in [-0.3, -0.25) is 9.59 Å². The van der Waals surface area contributed by atoms with E-state index in [-0.39, 0.29) is 23.9 Å². The Kier molecular flexibility index (Phi) is 4.92. The summed E-state index contributed by atoms with van der Waals surface area (Å²) in [5.74, 6) is -0.444. The number of benzene rings is 2. The fourth-order valence-electron chi connectivity index (χ4n) is 2.38. The molecule has 0 heterocycles. The Balaban J connectivity index is 2.34. The highest BCUT2D eigenvalue weighted by molar-refractivity contribution is 6.05. The molecule has 0 amide bonds. The lowest BCUT2D eigenvalue weighted by Crippen LogP contribution is -2.26. The number of carbonyl (C=O) groups excluding carboxylic acids is 2. The van der Waals surface area contributed by atoms with Gasteiger partial charge in [-0.1, -0.05) is 81.4 Å². The van der Waals surface area contributed by atoms with Crippen LogP contribution in [0.3, 0.4) is 0 Å². The summed E-state index contributed by atoms with van der Waals surface area (Å²) < 4.78 is 0. The molecule has 2 aromatic carbocycles. The van der Waals surface area contributed by atoms with Crippen molar-refractivity contribution in [3.8, 4) is 0 Å². The Labute approximate surface area is 132 Å². The van der Waals surface area contributed by atoms with Crippen LogP contribution in [0.1, 0.15) is 44.2 Å². The Bertz CT molecular complexity index is 597. The van der Waals surface area contributed by atoms with Crippen LogP contribution < -0.4 is 0 Å². The van der Waals surface area contributed by atoms with Gasteiger partial charge in [0.25, 0.3) is 0 Å². The fourth-order valence-corrected chi connectivity index (χ4v) is 2.38. The van der Waals surface area contributed by atoms with Crippen LogP contribution in [0.4, 0.5) is 0 Å². The zero-order valence-electron chi connectivity index (χ0n) is 13.4. The van der Waals surface area contributed by atoms with Crippen molar-refractivity contribution in [2.45, 2.75) is 33.1 Å². The highest BCUT2D eigenvalue weighted by Crippen LogP contribution is 2.28. The van der Waals surface area contributed by atoms with Gasteiger partial charge in [0.2, 0.25) is 0 Å². The lowest BCUT2D eigenvalue weighted by Gasteiger charge is -2.20. The molecule has 0 N–H and O–H groups in total. The van der Waals surface area contributed by atoms with Crippen molar-refractivity contribution in [3.63, 3.8) is 0 Å². The van der Waals surface area contributed by atoms with E-state index >= 15 is 0 Å². The molecule has 0 bridgehead atoms. The largest absolute Gasteiger partial charge is 0.299 e. The van der Waals surface area contributed by atoms with E-state index in [2.05, 4.69) is 0 Å². The molecule has 0 saturated heterocycles. The number of ketones is 2. The summed E-state index contributed by atoms with van der Waals surface area (Å²) in [7, 11) is 0. The van der Waals surface area contributed by atoms with E-state index in [1.54, 1.807) is 0 Å². The van der Waals surface area contributed by atoms with Gasteiger partial charge >= 0.3 is 0 Å². The summed E-state index contributed by atoms with van der Waals surface area (Å²) in [6, 6.07) is 19.3. The van der Waals surface area contributed by atoms with E-state index in [0.717, 1.165) is 11.1 Å². The SMILES string of the molecule is CC(C)(C)C(=O)CC(=O)C(c1ccccc1)c1ccccc1. The van der Waals surface area contributed by atoms with Gasteiger partial charge in [0.1, 0.15) is 5.78 Å². The van der Waals surface area contributed by atoms with Crippen molar-refractivity contribution in [2.75, 3.05) is 0 Å². The minimum atomic E-state index is -0.492. The lowest BCUT2D eigenvalue weighted by molar-refractivity contribution is -0.131. The van der Waals surface area contributed by atoms with Crippen molar-refractivity contribution in [1.82, 2.24) is 0 Å². The summed E-state index contributed by atoms with van der Waals surface area (Å²) in [5, 5.41) is 0. The molecule has 0 atom stereocenters. The molecular weight excluding hydrogens is 272 g/mol. The standard InChI is InChI=1S/C20H22O2/c1-20(2,3)18(22)14-17(21)19(15-10-6-4-7-11-15)16-12-8-5-9-13-16/h4-13,19H,14H2,1-3H3. The predicted octanol–water partition coefficient (Wildman–Crippen LogP) is 4.39. The van der Waals surface area contributed by atoms with E-state index < -0.39 is 5.41 Å². The summed E-state index contributed by atoms with van der Waals surface area (Å²) in [5.41, 5.74) is 1.37. The first-order valence-corrected chi connectivity index (χ1v) is 7.55. The second-order valence-corrected chi connectivity index (χ2v) is 6.57. The minimum absolute atomic E-state index is 0.0191. The highest BCUT2D eigenvalue weighted by atomic mass is 16.1. The third-order valence-electron chi connectivity index (χ3n) is 3.76. The molecule has 2 rings (SSSR count). The van der Waals surface area contributed by atoms with E-state index in [9.17, 15) is 9.59 Å². The van der Waals surface area contributed by atoms with Crippen LogP contribution in [0.2, 0.25) is 0 Å². The molecule has 0 aliphatic heterocycles. The number of Topliss-reactive ketones (excluding diaryl/α,β-unsaturated/α-hetero) is 2. The molecular formula is C20H22O2. The number of hydrogen-bond donors (Lipinski definition) is 0. The Hall–Kier alpha value is -2.22. The van der Waals surface area contributed by atoms with Crippen molar-refractivity contribution in [2.24, 2.45) is 5.41 Å². The van der Waals surface area contributed by atoms with Gasteiger partial charge < -0.3 is 0 Å². The fraction of sp³-hybridized carbons (Fsp3) is 0.300. The average Bonchev–Trinajstić information content (AvgIpc) is 2.48. The van der Waals surface area contributed by atoms with E-state index in [4.69, 9.17) is 0 Å². The van der Waals surface area contributed by atoms with Crippen molar-refractivity contribution < 1.29 is 9.59 Å². The van der Waals surface area contributed by atoms with E-state index in [1.807, 2.05) is 81.4 Å². The molecule has 0 saturated carbocycles. The average molecular weight is 294 g/mol. The van der Waals surface area contributed by atoms with Crippen LogP contribution in [0.25, 0.3) is 0 Å². The molecule has 2 aromatic rings. The maximum atomic E-state index is 12.8. The van der Waals surface area contributed by atoms with Gasteiger partial charge in [0, 0.05) is 5.41 Å². The molecule has 0 spiro atoms. The smallest absolute Gasteiger partial charge is 0.152 e.